The molecule has 0 aliphatic carbocycles. The second-order valence-electron chi connectivity index (χ2n) is 4.94. The van der Waals surface area contributed by atoms with Crippen molar-refractivity contribution in [3.63, 3.8) is 0 Å². The first-order valence-electron chi connectivity index (χ1n) is 6.75. The molecular weight excluding hydrogens is 337 g/mol. The van der Waals surface area contributed by atoms with Gasteiger partial charge in [0.1, 0.15) is 5.82 Å². The van der Waals surface area contributed by atoms with Crippen LogP contribution in [0.15, 0.2) is 28.7 Å². The van der Waals surface area contributed by atoms with Crippen molar-refractivity contribution >= 4 is 27.3 Å². The third kappa shape index (κ3) is 3.68. The minimum Gasteiger partial charge on any atom is -0.309 e. The molecule has 0 aliphatic rings. The van der Waals surface area contributed by atoms with Gasteiger partial charge >= 0.3 is 0 Å². The number of hydrogen-bond acceptors (Lipinski definition) is 2. The Balaban J connectivity index is 2.27. The largest absolute Gasteiger partial charge is 0.309 e. The van der Waals surface area contributed by atoms with Gasteiger partial charge in [-0.15, -0.1) is 11.3 Å². The highest BCUT2D eigenvalue weighted by molar-refractivity contribution is 9.10. The van der Waals surface area contributed by atoms with E-state index in [1.165, 1.54) is 21.4 Å². The van der Waals surface area contributed by atoms with Crippen LogP contribution in [0.1, 0.15) is 33.8 Å². The van der Waals surface area contributed by atoms with Gasteiger partial charge in [-0.3, -0.25) is 0 Å². The van der Waals surface area contributed by atoms with Crippen LogP contribution >= 0.6 is 27.3 Å². The van der Waals surface area contributed by atoms with Crippen molar-refractivity contribution in [2.24, 2.45) is 0 Å². The van der Waals surface area contributed by atoms with E-state index in [0.717, 1.165) is 16.6 Å². The van der Waals surface area contributed by atoms with E-state index in [-0.39, 0.29) is 11.9 Å². The van der Waals surface area contributed by atoms with Crippen LogP contribution in [0.5, 0.6) is 0 Å². The van der Waals surface area contributed by atoms with Gasteiger partial charge in [0.25, 0.3) is 0 Å². The van der Waals surface area contributed by atoms with E-state index in [1.54, 1.807) is 17.4 Å². The van der Waals surface area contributed by atoms with E-state index >= 15 is 0 Å². The first kappa shape index (κ1) is 15.7. The predicted molar refractivity (Wildman–Crippen MR) is 88.0 cm³/mol. The van der Waals surface area contributed by atoms with E-state index in [4.69, 9.17) is 0 Å². The van der Waals surface area contributed by atoms with Gasteiger partial charge in [-0.1, -0.05) is 22.9 Å². The summed E-state index contributed by atoms with van der Waals surface area (Å²) in [6, 6.07) is 7.51. The third-order valence-electron chi connectivity index (χ3n) is 3.41. The van der Waals surface area contributed by atoms with E-state index in [2.05, 4.69) is 48.1 Å². The van der Waals surface area contributed by atoms with Gasteiger partial charge in [0, 0.05) is 20.3 Å². The fourth-order valence-electron chi connectivity index (χ4n) is 2.21. The predicted octanol–water partition coefficient (Wildman–Crippen LogP) is 5.16. The summed E-state index contributed by atoms with van der Waals surface area (Å²) in [5.74, 6) is -0.138. The van der Waals surface area contributed by atoms with Crippen molar-refractivity contribution in [1.82, 2.24) is 5.32 Å². The molecule has 0 aliphatic heterocycles. The lowest BCUT2D eigenvalue weighted by atomic mass is 10.0. The van der Waals surface area contributed by atoms with Gasteiger partial charge in [0.15, 0.2) is 0 Å². The molecule has 1 aromatic heterocycles. The highest BCUT2D eigenvalue weighted by atomic mass is 79.9. The van der Waals surface area contributed by atoms with Gasteiger partial charge in [-0.2, -0.15) is 0 Å². The Labute approximate surface area is 132 Å². The summed E-state index contributed by atoms with van der Waals surface area (Å²) >= 11 is 5.21. The SMILES string of the molecule is CCNC(Cc1cc(Br)ccc1F)c1cc(C)c(C)s1. The number of aryl methyl sites for hydroxylation is 2. The quantitative estimate of drug-likeness (QED) is 0.780. The molecule has 0 amide bonds. The normalized spacial score (nSPS) is 12.7. The lowest BCUT2D eigenvalue weighted by molar-refractivity contribution is 0.534. The lowest BCUT2D eigenvalue weighted by Gasteiger charge is -2.17. The van der Waals surface area contributed by atoms with Crippen molar-refractivity contribution in [2.45, 2.75) is 33.2 Å². The molecule has 1 N–H and O–H groups in total. The van der Waals surface area contributed by atoms with Gasteiger partial charge in [-0.05, 0) is 62.2 Å². The summed E-state index contributed by atoms with van der Waals surface area (Å²) in [5, 5.41) is 3.46. The highest BCUT2D eigenvalue weighted by Crippen LogP contribution is 2.30. The van der Waals surface area contributed by atoms with Crippen molar-refractivity contribution in [3.8, 4) is 0 Å². The number of likely N-dealkylation sites (N-methyl/N-ethyl adjacent to an activating group) is 1. The highest BCUT2D eigenvalue weighted by Gasteiger charge is 2.16. The van der Waals surface area contributed by atoms with Crippen LogP contribution in [-0.2, 0) is 6.42 Å². The summed E-state index contributed by atoms with van der Waals surface area (Å²) in [4.78, 5) is 2.61. The van der Waals surface area contributed by atoms with E-state index in [1.807, 2.05) is 6.07 Å². The number of nitrogens with one attached hydrogen (secondary N) is 1. The zero-order valence-electron chi connectivity index (χ0n) is 12.0. The van der Waals surface area contributed by atoms with Crippen LogP contribution in [0, 0.1) is 19.7 Å². The van der Waals surface area contributed by atoms with Gasteiger partial charge in [0.05, 0.1) is 0 Å². The summed E-state index contributed by atoms with van der Waals surface area (Å²) < 4.78 is 14.8. The summed E-state index contributed by atoms with van der Waals surface area (Å²) in [7, 11) is 0. The minimum atomic E-state index is -0.138. The molecule has 1 heterocycles. The molecule has 1 atom stereocenters. The molecule has 0 bridgehead atoms. The average molecular weight is 356 g/mol. The van der Waals surface area contributed by atoms with Gasteiger partial charge < -0.3 is 5.32 Å². The molecular formula is C16H19BrFNS. The molecule has 0 fully saturated rings. The maximum Gasteiger partial charge on any atom is 0.126 e. The molecule has 2 aromatic rings. The van der Waals surface area contributed by atoms with Crippen LogP contribution in [0.25, 0.3) is 0 Å². The lowest BCUT2D eigenvalue weighted by Crippen LogP contribution is -2.22. The minimum absolute atomic E-state index is 0.138. The summed E-state index contributed by atoms with van der Waals surface area (Å²) in [5.41, 5.74) is 2.05. The molecule has 0 saturated heterocycles. The number of hydrogen-bond donors (Lipinski definition) is 1. The van der Waals surface area contributed by atoms with E-state index in [9.17, 15) is 4.39 Å². The number of halogens is 2. The molecule has 1 nitrogen and oxygen atoms in total. The fourth-order valence-corrected chi connectivity index (χ4v) is 3.74. The Morgan fingerprint density at radius 1 is 1.30 bits per heavy atom. The Bertz CT molecular complexity index is 575. The van der Waals surface area contributed by atoms with Crippen LogP contribution < -0.4 is 5.32 Å². The molecule has 1 unspecified atom stereocenters. The molecule has 0 radical (unpaired) electrons. The second kappa shape index (κ2) is 6.83. The van der Waals surface area contributed by atoms with Crippen LogP contribution in [0.3, 0.4) is 0 Å². The molecule has 0 saturated carbocycles. The van der Waals surface area contributed by atoms with E-state index in [0.29, 0.717) is 6.42 Å². The smallest absolute Gasteiger partial charge is 0.126 e. The van der Waals surface area contributed by atoms with Crippen molar-refractivity contribution in [1.29, 1.82) is 0 Å². The van der Waals surface area contributed by atoms with E-state index < -0.39 is 0 Å². The van der Waals surface area contributed by atoms with Crippen molar-refractivity contribution in [3.05, 3.63) is 55.4 Å². The van der Waals surface area contributed by atoms with Crippen LogP contribution in [0.2, 0.25) is 0 Å². The summed E-state index contributed by atoms with van der Waals surface area (Å²) in [6.45, 7) is 7.21. The number of rotatable bonds is 5. The molecule has 2 rings (SSSR count). The van der Waals surface area contributed by atoms with Crippen molar-refractivity contribution < 1.29 is 4.39 Å². The topological polar surface area (TPSA) is 12.0 Å². The number of benzene rings is 1. The Hall–Kier alpha value is -0.710. The first-order valence-corrected chi connectivity index (χ1v) is 8.36. The maximum absolute atomic E-state index is 13.9. The average Bonchev–Trinajstić information content (AvgIpc) is 2.73. The summed E-state index contributed by atoms with van der Waals surface area (Å²) in [6.07, 6.45) is 0.665. The first-order chi connectivity index (χ1) is 9.51. The Kier molecular flexibility index (Phi) is 5.35. The van der Waals surface area contributed by atoms with Crippen LogP contribution in [-0.4, -0.2) is 6.54 Å². The molecule has 1 aromatic carbocycles. The number of thiophene rings is 1. The molecule has 108 valence electrons. The Morgan fingerprint density at radius 2 is 2.05 bits per heavy atom. The van der Waals surface area contributed by atoms with Gasteiger partial charge in [0.2, 0.25) is 0 Å². The zero-order chi connectivity index (χ0) is 14.7. The molecule has 0 spiro atoms. The Morgan fingerprint density at radius 3 is 2.65 bits per heavy atom. The maximum atomic E-state index is 13.9. The fraction of sp³-hybridized carbons (Fsp3) is 0.375. The monoisotopic (exact) mass is 355 g/mol. The van der Waals surface area contributed by atoms with Crippen LogP contribution in [0.4, 0.5) is 4.39 Å². The standard InChI is InChI=1S/C16H19BrFNS/c1-4-19-15(16-7-10(2)11(3)20-16)9-12-8-13(17)5-6-14(12)18/h5-8,15,19H,4,9H2,1-3H3. The third-order valence-corrected chi connectivity index (χ3v) is 5.17. The molecule has 4 heteroatoms. The van der Waals surface area contributed by atoms with Crippen molar-refractivity contribution in [2.75, 3.05) is 6.54 Å². The zero-order valence-corrected chi connectivity index (χ0v) is 14.4. The second-order valence-corrected chi connectivity index (χ2v) is 7.14. The van der Waals surface area contributed by atoms with Gasteiger partial charge in [-0.25, -0.2) is 4.39 Å². The molecule has 20 heavy (non-hydrogen) atoms.